The lowest BCUT2D eigenvalue weighted by Gasteiger charge is -2.15. The highest BCUT2D eigenvalue weighted by atomic mass is 16.3. The van der Waals surface area contributed by atoms with Crippen molar-refractivity contribution in [2.24, 2.45) is 0 Å². The van der Waals surface area contributed by atoms with E-state index >= 15 is 0 Å². The second kappa shape index (κ2) is 9.01. The zero-order valence-electron chi connectivity index (χ0n) is 16.0. The molecule has 11 nitrogen and oxygen atoms in total. The van der Waals surface area contributed by atoms with E-state index in [-0.39, 0.29) is 11.4 Å². The first-order valence-electron chi connectivity index (χ1n) is 8.99. The predicted molar refractivity (Wildman–Crippen MR) is 108 cm³/mol. The Balaban J connectivity index is 1.63. The van der Waals surface area contributed by atoms with Crippen LogP contribution in [-0.4, -0.2) is 49.3 Å². The van der Waals surface area contributed by atoms with Crippen molar-refractivity contribution in [3.8, 4) is 11.3 Å². The van der Waals surface area contributed by atoms with Crippen LogP contribution in [0.25, 0.3) is 11.3 Å². The summed E-state index contributed by atoms with van der Waals surface area (Å²) in [6, 6.07) is 9.70. The smallest absolute Gasteiger partial charge is 0.328 e. The van der Waals surface area contributed by atoms with Crippen molar-refractivity contribution in [3.05, 3.63) is 69.0 Å². The number of aliphatic hydroxyl groups is 1. The number of nitrogens with zero attached hydrogens (tertiary/aromatic N) is 2. The Morgan fingerprint density at radius 2 is 1.97 bits per heavy atom. The number of carbonyl (C=O) groups is 2. The van der Waals surface area contributed by atoms with E-state index in [0.29, 0.717) is 5.69 Å². The van der Waals surface area contributed by atoms with Crippen molar-refractivity contribution in [3.63, 3.8) is 0 Å². The zero-order chi connectivity index (χ0) is 21.7. The van der Waals surface area contributed by atoms with Crippen molar-refractivity contribution in [1.82, 2.24) is 25.1 Å². The molecule has 2 aromatic heterocycles. The summed E-state index contributed by atoms with van der Waals surface area (Å²) in [5, 5.41) is 21.1. The fourth-order valence-electron chi connectivity index (χ4n) is 2.69. The number of hydrogen-bond donors (Lipinski definition) is 5. The zero-order valence-corrected chi connectivity index (χ0v) is 16.0. The molecule has 1 atom stereocenters. The number of benzene rings is 1. The van der Waals surface area contributed by atoms with Gasteiger partial charge in [-0.3, -0.25) is 29.0 Å². The van der Waals surface area contributed by atoms with E-state index in [9.17, 15) is 24.3 Å². The lowest BCUT2D eigenvalue weighted by molar-refractivity contribution is -0.127. The molecule has 1 aromatic carbocycles. The number of aliphatic hydroxyl groups excluding tert-OH is 1. The number of rotatable bonds is 7. The van der Waals surface area contributed by atoms with Crippen LogP contribution in [0.4, 0.5) is 5.82 Å². The number of aromatic amines is 2. The van der Waals surface area contributed by atoms with Crippen LogP contribution >= 0.6 is 0 Å². The molecule has 2 heterocycles. The first-order chi connectivity index (χ1) is 14.4. The van der Waals surface area contributed by atoms with Crippen LogP contribution in [0.2, 0.25) is 0 Å². The van der Waals surface area contributed by atoms with Crippen LogP contribution in [0.3, 0.4) is 0 Å². The molecule has 0 radical (unpaired) electrons. The number of aryl methyl sites for hydroxylation is 1. The molecule has 0 aliphatic heterocycles. The molecule has 3 aromatic rings. The van der Waals surface area contributed by atoms with Gasteiger partial charge in [0.2, 0.25) is 5.91 Å². The maximum absolute atomic E-state index is 12.4. The molecule has 0 aliphatic carbocycles. The number of H-pyrrole nitrogens is 2. The molecule has 0 bridgehead atoms. The van der Waals surface area contributed by atoms with Gasteiger partial charge in [0.1, 0.15) is 12.6 Å². The summed E-state index contributed by atoms with van der Waals surface area (Å²) < 4.78 is 0.998. The Kier molecular flexibility index (Phi) is 6.23. The van der Waals surface area contributed by atoms with E-state index in [1.165, 1.54) is 13.1 Å². The van der Waals surface area contributed by atoms with Crippen molar-refractivity contribution >= 4 is 17.6 Å². The minimum absolute atomic E-state index is 0.221. The highest BCUT2D eigenvalue weighted by Crippen LogP contribution is 2.19. The normalized spacial score (nSPS) is 11.7. The van der Waals surface area contributed by atoms with E-state index < -0.39 is 42.3 Å². The molecule has 30 heavy (non-hydrogen) atoms. The van der Waals surface area contributed by atoms with Crippen molar-refractivity contribution < 1.29 is 14.7 Å². The predicted octanol–water partition coefficient (Wildman–Crippen LogP) is -0.649. The maximum Gasteiger partial charge on any atom is 0.328 e. The molecule has 0 saturated carbocycles. The maximum atomic E-state index is 12.4. The molecule has 2 amide bonds. The van der Waals surface area contributed by atoms with Gasteiger partial charge in [0.05, 0.1) is 12.3 Å². The molecule has 5 N–H and O–H groups in total. The molecule has 0 fully saturated rings. The number of hydrogen-bond acceptors (Lipinski definition) is 6. The quantitative estimate of drug-likeness (QED) is 0.346. The minimum atomic E-state index is -1.26. The number of anilines is 1. The largest absolute Gasteiger partial charge is 0.394 e. The number of amides is 2. The molecule has 3 rings (SSSR count). The van der Waals surface area contributed by atoms with Gasteiger partial charge in [0.25, 0.3) is 11.5 Å². The molecular formula is C19H20N6O5. The molecule has 0 spiro atoms. The summed E-state index contributed by atoms with van der Waals surface area (Å²) in [5.74, 6) is -1.15. The molecule has 1 unspecified atom stereocenters. The SMILES string of the molecule is Cc1cn(CC(=O)NC(CO)C(=O)Nc2cc(-c3ccccc3)[nH]n2)c(=O)[nH]c1=O. The van der Waals surface area contributed by atoms with Crippen molar-refractivity contribution in [2.75, 3.05) is 11.9 Å². The Hall–Kier alpha value is -3.99. The minimum Gasteiger partial charge on any atom is -0.394 e. The third kappa shape index (κ3) is 4.89. The van der Waals surface area contributed by atoms with Crippen LogP contribution in [0, 0.1) is 6.92 Å². The van der Waals surface area contributed by atoms with E-state index in [1.54, 1.807) is 6.07 Å². The summed E-state index contributed by atoms with van der Waals surface area (Å²) in [7, 11) is 0. The summed E-state index contributed by atoms with van der Waals surface area (Å²) in [6.45, 7) is 0.401. The van der Waals surface area contributed by atoms with Crippen LogP contribution in [0.5, 0.6) is 0 Å². The van der Waals surface area contributed by atoms with Crippen LogP contribution in [0.1, 0.15) is 5.56 Å². The summed E-state index contributed by atoms with van der Waals surface area (Å²) in [6.07, 6.45) is 1.24. The summed E-state index contributed by atoms with van der Waals surface area (Å²) in [4.78, 5) is 49.8. The topological polar surface area (TPSA) is 162 Å². The van der Waals surface area contributed by atoms with E-state index in [0.717, 1.165) is 10.1 Å². The first kappa shape index (κ1) is 20.7. The van der Waals surface area contributed by atoms with E-state index in [2.05, 4.69) is 25.8 Å². The molecule has 0 aliphatic rings. The number of nitrogens with one attached hydrogen (secondary N) is 4. The second-order valence-corrected chi connectivity index (χ2v) is 6.52. The Labute approximate surface area is 169 Å². The average Bonchev–Trinajstić information content (AvgIpc) is 3.19. The fraction of sp³-hybridized carbons (Fsp3) is 0.211. The lowest BCUT2D eigenvalue weighted by atomic mass is 10.1. The monoisotopic (exact) mass is 412 g/mol. The number of aromatic nitrogens is 4. The average molecular weight is 412 g/mol. The van der Waals surface area contributed by atoms with Gasteiger partial charge < -0.3 is 15.7 Å². The Morgan fingerprint density at radius 3 is 2.67 bits per heavy atom. The van der Waals surface area contributed by atoms with Crippen LogP contribution in [0.15, 0.2) is 52.2 Å². The van der Waals surface area contributed by atoms with Crippen molar-refractivity contribution in [2.45, 2.75) is 19.5 Å². The highest BCUT2D eigenvalue weighted by Gasteiger charge is 2.21. The van der Waals surface area contributed by atoms with Gasteiger partial charge in [0.15, 0.2) is 5.82 Å². The second-order valence-electron chi connectivity index (χ2n) is 6.52. The third-order valence-corrected chi connectivity index (χ3v) is 4.25. The lowest BCUT2D eigenvalue weighted by Crippen LogP contribution is -2.48. The van der Waals surface area contributed by atoms with Gasteiger partial charge in [-0.05, 0) is 12.5 Å². The van der Waals surface area contributed by atoms with Gasteiger partial charge in [-0.25, -0.2) is 4.79 Å². The van der Waals surface area contributed by atoms with Gasteiger partial charge in [-0.1, -0.05) is 30.3 Å². The molecular weight excluding hydrogens is 392 g/mol. The highest BCUT2D eigenvalue weighted by molar-refractivity contribution is 5.97. The van der Waals surface area contributed by atoms with E-state index in [4.69, 9.17) is 0 Å². The fourth-order valence-corrected chi connectivity index (χ4v) is 2.69. The Bertz CT molecular complexity index is 1160. The van der Waals surface area contributed by atoms with E-state index in [1.807, 2.05) is 30.3 Å². The summed E-state index contributed by atoms with van der Waals surface area (Å²) >= 11 is 0. The van der Waals surface area contributed by atoms with Crippen molar-refractivity contribution in [1.29, 1.82) is 0 Å². The Morgan fingerprint density at radius 1 is 1.23 bits per heavy atom. The number of carbonyl (C=O) groups excluding carboxylic acids is 2. The van der Waals surface area contributed by atoms with Gasteiger partial charge in [0, 0.05) is 17.8 Å². The van der Waals surface area contributed by atoms with Gasteiger partial charge >= 0.3 is 5.69 Å². The van der Waals surface area contributed by atoms with Gasteiger partial charge in [-0.15, -0.1) is 0 Å². The summed E-state index contributed by atoms with van der Waals surface area (Å²) in [5.41, 5.74) is 0.517. The molecule has 156 valence electrons. The third-order valence-electron chi connectivity index (χ3n) is 4.25. The van der Waals surface area contributed by atoms with Gasteiger partial charge in [-0.2, -0.15) is 5.10 Å². The first-order valence-corrected chi connectivity index (χ1v) is 8.99. The van der Waals surface area contributed by atoms with Crippen LogP contribution in [-0.2, 0) is 16.1 Å². The standard InChI is InChI=1S/C19H20N6O5/c1-11-8-25(19(30)22-17(11)28)9-16(27)20-14(10-26)18(29)21-15-7-13(23-24-15)12-5-3-2-4-6-12/h2-8,14,26H,9-10H2,1H3,(H,20,27)(H,22,28,30)(H2,21,23,24,29). The molecule has 11 heteroatoms. The molecule has 0 saturated heterocycles. The van der Waals surface area contributed by atoms with Crippen LogP contribution < -0.4 is 21.9 Å².